The van der Waals surface area contributed by atoms with E-state index in [4.69, 9.17) is 16.6 Å². The predicted octanol–water partition coefficient (Wildman–Crippen LogP) is 6.06. The van der Waals surface area contributed by atoms with Crippen LogP contribution in [-0.4, -0.2) is 29.1 Å². The van der Waals surface area contributed by atoms with Crippen LogP contribution in [0.25, 0.3) is 0 Å². The van der Waals surface area contributed by atoms with Crippen molar-refractivity contribution in [2.45, 2.75) is 71.4 Å². The second-order valence-corrected chi connectivity index (χ2v) is 10.9. The molecule has 1 aromatic carbocycles. The third-order valence-electron chi connectivity index (χ3n) is 8.27. The molecule has 5 heteroatoms. The van der Waals surface area contributed by atoms with E-state index in [1.807, 2.05) is 0 Å². The SMILES string of the molecule is Cc1ccc(C(C)C)cc1N1CCc2nc(Cl)nc(N3CCC4C[C@H]3CC=C3CC34)c2C1. The summed E-state index contributed by atoms with van der Waals surface area (Å²) in [7, 11) is 0. The first kappa shape index (κ1) is 20.5. The average Bonchev–Trinajstić information content (AvgIpc) is 3.57. The number of rotatable bonds is 3. The zero-order valence-electron chi connectivity index (χ0n) is 19.4. The molecule has 0 radical (unpaired) electrons. The van der Waals surface area contributed by atoms with Gasteiger partial charge < -0.3 is 9.80 Å². The lowest BCUT2D eigenvalue weighted by Gasteiger charge is -2.42. The largest absolute Gasteiger partial charge is 0.366 e. The van der Waals surface area contributed by atoms with Gasteiger partial charge >= 0.3 is 0 Å². The van der Waals surface area contributed by atoms with E-state index in [0.29, 0.717) is 17.2 Å². The monoisotopic (exact) mass is 448 g/mol. The van der Waals surface area contributed by atoms with Crippen molar-refractivity contribution in [2.75, 3.05) is 22.9 Å². The summed E-state index contributed by atoms with van der Waals surface area (Å²) in [5.41, 5.74) is 8.23. The number of benzene rings is 1. The lowest BCUT2D eigenvalue weighted by atomic mass is 9.87. The van der Waals surface area contributed by atoms with Crippen molar-refractivity contribution in [3.05, 3.63) is 57.5 Å². The van der Waals surface area contributed by atoms with Gasteiger partial charge in [0.2, 0.25) is 5.28 Å². The zero-order valence-corrected chi connectivity index (χ0v) is 20.2. The Kier molecular flexibility index (Phi) is 4.98. The topological polar surface area (TPSA) is 32.3 Å². The molecule has 3 heterocycles. The van der Waals surface area contributed by atoms with E-state index >= 15 is 0 Å². The van der Waals surface area contributed by atoms with Crippen LogP contribution < -0.4 is 9.80 Å². The van der Waals surface area contributed by atoms with Crippen molar-refractivity contribution < 1.29 is 0 Å². The molecular weight excluding hydrogens is 416 g/mol. The predicted molar refractivity (Wildman–Crippen MR) is 132 cm³/mol. The first-order valence-corrected chi connectivity index (χ1v) is 12.7. The summed E-state index contributed by atoms with van der Waals surface area (Å²) < 4.78 is 0. The summed E-state index contributed by atoms with van der Waals surface area (Å²) in [5.74, 6) is 3.38. The standard InChI is InChI=1S/C27H33ClN4/c1-16(2)18-5-4-17(3)25(14-18)31-10-9-24-23(15-31)26(30-27(28)29-24)32-11-8-20-12-21(32)7-6-19-13-22(19)20/h4-6,14,16,20-22H,7-13,15H2,1-3H3/t20?,21-,22?/m1/s1. The molecule has 2 fully saturated rings. The number of piperidine rings is 1. The molecule has 4 nitrogen and oxygen atoms in total. The van der Waals surface area contributed by atoms with E-state index in [2.05, 4.69) is 59.8 Å². The summed E-state index contributed by atoms with van der Waals surface area (Å²) in [6.45, 7) is 9.69. The van der Waals surface area contributed by atoms with Gasteiger partial charge in [0.1, 0.15) is 5.82 Å². The first-order valence-electron chi connectivity index (χ1n) is 12.3. The number of halogens is 1. The van der Waals surface area contributed by atoms with Crippen LogP contribution in [-0.2, 0) is 13.0 Å². The third-order valence-corrected chi connectivity index (χ3v) is 8.44. The maximum absolute atomic E-state index is 6.46. The molecule has 2 unspecified atom stereocenters. The first-order chi connectivity index (χ1) is 15.5. The summed E-state index contributed by atoms with van der Waals surface area (Å²) in [4.78, 5) is 14.6. The van der Waals surface area contributed by atoms with Crippen LogP contribution in [0.4, 0.5) is 11.5 Å². The number of allylic oxidation sites excluding steroid dienone is 1. The Bertz CT molecular complexity index is 1090. The maximum Gasteiger partial charge on any atom is 0.224 e. The number of aryl methyl sites for hydroxylation is 1. The van der Waals surface area contributed by atoms with Crippen molar-refractivity contribution in [2.24, 2.45) is 11.8 Å². The maximum atomic E-state index is 6.46. The Morgan fingerprint density at radius 2 is 2.03 bits per heavy atom. The molecule has 2 aromatic rings. The molecule has 6 rings (SSSR count). The molecule has 2 aliphatic heterocycles. The highest BCUT2D eigenvalue weighted by Gasteiger charge is 2.44. The molecule has 3 atom stereocenters. The molecular formula is C27H33ClN4. The fraction of sp³-hybridized carbons (Fsp3) is 0.556. The van der Waals surface area contributed by atoms with Gasteiger partial charge in [-0.2, -0.15) is 0 Å². The highest BCUT2D eigenvalue weighted by molar-refractivity contribution is 6.28. The van der Waals surface area contributed by atoms with Gasteiger partial charge in [0.05, 0.1) is 5.69 Å². The van der Waals surface area contributed by atoms with E-state index < -0.39 is 0 Å². The minimum atomic E-state index is 0.405. The number of aromatic nitrogens is 2. The Morgan fingerprint density at radius 3 is 2.88 bits per heavy atom. The number of anilines is 2. The molecule has 1 saturated heterocycles. The number of nitrogens with zero attached hydrogens (tertiary/aromatic N) is 4. The van der Waals surface area contributed by atoms with E-state index in [0.717, 1.165) is 55.8 Å². The van der Waals surface area contributed by atoms with Crippen molar-refractivity contribution >= 4 is 23.1 Å². The van der Waals surface area contributed by atoms with Crippen LogP contribution >= 0.6 is 11.6 Å². The fourth-order valence-electron chi connectivity index (χ4n) is 6.27. The Balaban J connectivity index is 1.35. The van der Waals surface area contributed by atoms with Crippen LogP contribution in [0.3, 0.4) is 0 Å². The quantitative estimate of drug-likeness (QED) is 0.422. The van der Waals surface area contributed by atoms with Crippen LogP contribution in [0.2, 0.25) is 5.28 Å². The molecule has 0 spiro atoms. The second kappa shape index (κ2) is 7.76. The molecule has 0 amide bonds. The summed E-state index contributed by atoms with van der Waals surface area (Å²) in [5, 5.41) is 0.405. The molecule has 32 heavy (non-hydrogen) atoms. The fourth-order valence-corrected chi connectivity index (χ4v) is 6.46. The van der Waals surface area contributed by atoms with Crippen LogP contribution in [0.1, 0.15) is 67.8 Å². The van der Waals surface area contributed by atoms with Gasteiger partial charge in [-0.25, -0.2) is 9.97 Å². The average molecular weight is 449 g/mol. The Hall–Kier alpha value is -2.07. The van der Waals surface area contributed by atoms with Crippen molar-refractivity contribution in [1.29, 1.82) is 0 Å². The number of hydrogen-bond acceptors (Lipinski definition) is 4. The van der Waals surface area contributed by atoms with E-state index in [1.165, 1.54) is 41.6 Å². The van der Waals surface area contributed by atoms with Crippen LogP contribution in [0, 0.1) is 18.8 Å². The Morgan fingerprint density at radius 1 is 1.16 bits per heavy atom. The summed E-state index contributed by atoms with van der Waals surface area (Å²) >= 11 is 6.46. The van der Waals surface area contributed by atoms with E-state index in [-0.39, 0.29) is 0 Å². The van der Waals surface area contributed by atoms with E-state index in [1.54, 1.807) is 5.57 Å². The van der Waals surface area contributed by atoms with Gasteiger partial charge in [-0.1, -0.05) is 37.6 Å². The van der Waals surface area contributed by atoms with Gasteiger partial charge in [0.15, 0.2) is 0 Å². The molecule has 2 aliphatic carbocycles. The Labute approximate surface area is 196 Å². The van der Waals surface area contributed by atoms with Gasteiger partial charge in [-0.3, -0.25) is 0 Å². The van der Waals surface area contributed by atoms with Gasteiger partial charge in [0.25, 0.3) is 0 Å². The molecule has 1 saturated carbocycles. The van der Waals surface area contributed by atoms with Gasteiger partial charge in [-0.15, -0.1) is 0 Å². The molecule has 2 bridgehead atoms. The summed E-state index contributed by atoms with van der Waals surface area (Å²) in [6.07, 6.45) is 8.52. The normalized spacial score (nSPS) is 26.4. The summed E-state index contributed by atoms with van der Waals surface area (Å²) in [6, 6.07) is 7.47. The minimum Gasteiger partial charge on any atom is -0.366 e. The van der Waals surface area contributed by atoms with Crippen molar-refractivity contribution in [3.63, 3.8) is 0 Å². The highest BCUT2D eigenvalue weighted by atomic mass is 35.5. The van der Waals surface area contributed by atoms with Crippen LogP contribution in [0.5, 0.6) is 0 Å². The minimum absolute atomic E-state index is 0.405. The van der Waals surface area contributed by atoms with Crippen LogP contribution in [0.15, 0.2) is 29.8 Å². The second-order valence-electron chi connectivity index (χ2n) is 10.6. The number of fused-ring (bicyclic) bond motifs is 5. The lowest BCUT2D eigenvalue weighted by Crippen LogP contribution is -2.44. The smallest absolute Gasteiger partial charge is 0.224 e. The van der Waals surface area contributed by atoms with E-state index in [9.17, 15) is 0 Å². The van der Waals surface area contributed by atoms with Gasteiger partial charge in [0, 0.05) is 43.3 Å². The zero-order chi connectivity index (χ0) is 22.0. The molecule has 4 aliphatic rings. The lowest BCUT2D eigenvalue weighted by molar-refractivity contribution is 0.319. The van der Waals surface area contributed by atoms with Crippen molar-refractivity contribution in [1.82, 2.24) is 9.97 Å². The van der Waals surface area contributed by atoms with Crippen molar-refractivity contribution in [3.8, 4) is 0 Å². The number of hydrogen-bond donors (Lipinski definition) is 0. The highest BCUT2D eigenvalue weighted by Crippen LogP contribution is 2.52. The molecule has 0 N–H and O–H groups in total. The molecule has 168 valence electrons. The molecule has 1 aromatic heterocycles. The van der Waals surface area contributed by atoms with Gasteiger partial charge in [-0.05, 0) is 79.2 Å². The third kappa shape index (κ3) is 3.51.